The molecular formula is C67H50. The molecule has 0 radical (unpaired) electrons. The van der Waals surface area contributed by atoms with Crippen molar-refractivity contribution in [1.82, 2.24) is 0 Å². The van der Waals surface area contributed by atoms with E-state index in [-0.39, 0.29) is 5.41 Å². The van der Waals surface area contributed by atoms with Crippen LogP contribution in [0.15, 0.2) is 249 Å². The summed E-state index contributed by atoms with van der Waals surface area (Å²) in [5, 5.41) is 5.04. The minimum absolute atomic E-state index is 0.349. The third-order valence-electron chi connectivity index (χ3n) is 14.2. The Kier molecular flexibility index (Phi) is 10.1. The molecule has 0 heteroatoms. The molecule has 0 fully saturated rings. The summed E-state index contributed by atoms with van der Waals surface area (Å²) in [6, 6.07) is 92.6. The van der Waals surface area contributed by atoms with Crippen molar-refractivity contribution in [1.29, 1.82) is 0 Å². The van der Waals surface area contributed by atoms with Crippen LogP contribution in [0.5, 0.6) is 0 Å². The molecule has 12 rings (SSSR count). The summed E-state index contributed by atoms with van der Waals surface area (Å²) in [7, 11) is 0. The van der Waals surface area contributed by atoms with E-state index in [1.165, 1.54) is 116 Å². The molecule has 0 bridgehead atoms. The first-order valence-electron chi connectivity index (χ1n) is 23.7. The van der Waals surface area contributed by atoms with Crippen molar-refractivity contribution in [3.05, 3.63) is 265 Å². The van der Waals surface area contributed by atoms with Crippen molar-refractivity contribution in [3.63, 3.8) is 0 Å². The Bertz CT molecular complexity index is 3490. The van der Waals surface area contributed by atoms with Crippen LogP contribution in [0.3, 0.4) is 0 Å². The van der Waals surface area contributed by atoms with Gasteiger partial charge in [0.1, 0.15) is 0 Å². The number of benzene rings is 11. The summed E-state index contributed by atoms with van der Waals surface area (Å²) in [5.74, 6) is 0.442. The Morgan fingerprint density at radius 3 is 1.13 bits per heavy atom. The highest BCUT2D eigenvalue weighted by Crippen LogP contribution is 2.58. The van der Waals surface area contributed by atoms with Gasteiger partial charge in [-0.3, -0.25) is 0 Å². The fourth-order valence-corrected chi connectivity index (χ4v) is 11.4. The van der Waals surface area contributed by atoms with Gasteiger partial charge in [-0.25, -0.2) is 0 Å². The van der Waals surface area contributed by atoms with Gasteiger partial charge < -0.3 is 0 Å². The number of hydrogen-bond acceptors (Lipinski definition) is 0. The third-order valence-corrected chi connectivity index (χ3v) is 14.2. The topological polar surface area (TPSA) is 0 Å². The average molecular weight is 855 g/mol. The number of fused-ring (bicyclic) bond motifs is 5. The van der Waals surface area contributed by atoms with Crippen LogP contribution in [-0.2, 0) is 5.41 Å². The van der Waals surface area contributed by atoms with Crippen LogP contribution in [0.2, 0.25) is 0 Å². The van der Waals surface area contributed by atoms with Crippen molar-refractivity contribution < 1.29 is 0 Å². The normalized spacial score (nSPS) is 14.1. The second-order valence-corrected chi connectivity index (χ2v) is 18.7. The summed E-state index contributed by atoms with van der Waals surface area (Å²) in [6.45, 7) is 4.76. The molecule has 11 aromatic carbocycles. The van der Waals surface area contributed by atoms with Gasteiger partial charge in [0.25, 0.3) is 0 Å². The van der Waals surface area contributed by atoms with Crippen molar-refractivity contribution in [2.24, 2.45) is 5.92 Å². The van der Waals surface area contributed by atoms with Crippen molar-refractivity contribution >= 4 is 21.5 Å². The van der Waals surface area contributed by atoms with Crippen LogP contribution in [0, 0.1) is 5.92 Å². The average Bonchev–Trinajstić information content (AvgIpc) is 3.67. The molecule has 0 aromatic heterocycles. The molecule has 0 saturated carbocycles. The van der Waals surface area contributed by atoms with Crippen LogP contribution in [-0.4, -0.2) is 0 Å². The van der Waals surface area contributed by atoms with Gasteiger partial charge in [0.05, 0.1) is 0 Å². The highest BCUT2D eigenvalue weighted by atomic mass is 14.5. The molecule has 1 aliphatic carbocycles. The van der Waals surface area contributed by atoms with Gasteiger partial charge in [0.2, 0.25) is 0 Å². The monoisotopic (exact) mass is 854 g/mol. The fraction of sp³-hybridized carbons (Fsp3) is 0.0746. The van der Waals surface area contributed by atoms with E-state index in [1.54, 1.807) is 0 Å². The first-order valence-corrected chi connectivity index (χ1v) is 23.7. The van der Waals surface area contributed by atoms with Crippen molar-refractivity contribution in [2.45, 2.75) is 25.7 Å². The maximum atomic E-state index is 2.56. The predicted octanol–water partition coefficient (Wildman–Crippen LogP) is 18.4. The zero-order valence-electron chi connectivity index (χ0n) is 38.0. The highest BCUT2D eigenvalue weighted by Gasteiger charge is 2.46. The van der Waals surface area contributed by atoms with Crippen molar-refractivity contribution in [3.8, 4) is 77.9 Å². The lowest BCUT2D eigenvalue weighted by Crippen LogP contribution is -2.29. The molecule has 1 aliphatic rings. The zero-order chi connectivity index (χ0) is 44.9. The van der Waals surface area contributed by atoms with Gasteiger partial charge in [-0.15, -0.1) is 0 Å². The molecular weight excluding hydrogens is 805 g/mol. The summed E-state index contributed by atoms with van der Waals surface area (Å²) < 4.78 is 0. The molecule has 0 heterocycles. The van der Waals surface area contributed by atoms with Gasteiger partial charge >= 0.3 is 0 Å². The van der Waals surface area contributed by atoms with Gasteiger partial charge in [0.15, 0.2) is 0 Å². The van der Waals surface area contributed by atoms with Gasteiger partial charge in [-0.1, -0.05) is 238 Å². The van der Waals surface area contributed by atoms with Crippen LogP contribution >= 0.6 is 0 Å². The number of hydrogen-bond donors (Lipinski definition) is 0. The molecule has 1 unspecified atom stereocenters. The maximum Gasteiger partial charge on any atom is 0.0472 e. The predicted molar refractivity (Wildman–Crippen MR) is 285 cm³/mol. The Labute approximate surface area is 394 Å². The van der Waals surface area contributed by atoms with E-state index in [4.69, 9.17) is 0 Å². The van der Waals surface area contributed by atoms with Crippen LogP contribution in [0.4, 0.5) is 0 Å². The molecule has 0 nitrogen and oxygen atoms in total. The van der Waals surface area contributed by atoms with Gasteiger partial charge in [0, 0.05) is 5.41 Å². The largest absolute Gasteiger partial charge is 0.0627 e. The Morgan fingerprint density at radius 1 is 0.269 bits per heavy atom. The van der Waals surface area contributed by atoms with E-state index in [2.05, 4.69) is 263 Å². The van der Waals surface area contributed by atoms with Gasteiger partial charge in [-0.05, 0) is 153 Å². The van der Waals surface area contributed by atoms with E-state index in [0.29, 0.717) is 5.92 Å². The first-order chi connectivity index (χ1) is 33.0. The Morgan fingerprint density at radius 2 is 0.627 bits per heavy atom. The molecule has 11 aromatic rings. The summed E-state index contributed by atoms with van der Waals surface area (Å²) in [4.78, 5) is 0. The molecule has 0 N–H and O–H groups in total. The van der Waals surface area contributed by atoms with Crippen LogP contribution in [0.25, 0.3) is 99.4 Å². The lowest BCUT2D eigenvalue weighted by molar-refractivity contribution is 0.462. The third kappa shape index (κ3) is 6.91. The molecule has 318 valence electrons. The van der Waals surface area contributed by atoms with Crippen molar-refractivity contribution in [2.75, 3.05) is 0 Å². The maximum absolute atomic E-state index is 2.56. The Hall–Kier alpha value is -8.06. The van der Waals surface area contributed by atoms with E-state index >= 15 is 0 Å². The van der Waals surface area contributed by atoms with E-state index < -0.39 is 0 Å². The Balaban J connectivity index is 1.03. The molecule has 0 amide bonds. The molecule has 0 aliphatic heterocycles. The lowest BCUT2D eigenvalue weighted by atomic mass is 9.65. The highest BCUT2D eigenvalue weighted by molar-refractivity contribution is 6.21. The summed E-state index contributed by atoms with van der Waals surface area (Å²) in [5.41, 5.74) is 21.3. The second-order valence-electron chi connectivity index (χ2n) is 18.7. The minimum Gasteiger partial charge on any atom is -0.0627 e. The van der Waals surface area contributed by atoms with Gasteiger partial charge in [-0.2, -0.15) is 0 Å². The van der Waals surface area contributed by atoms with E-state index in [9.17, 15) is 0 Å². The summed E-state index contributed by atoms with van der Waals surface area (Å²) in [6.07, 6.45) is 0.991. The van der Waals surface area contributed by atoms with E-state index in [0.717, 1.165) is 6.42 Å². The summed E-state index contributed by atoms with van der Waals surface area (Å²) >= 11 is 0. The molecule has 0 saturated heterocycles. The fourth-order valence-electron chi connectivity index (χ4n) is 11.4. The second kappa shape index (κ2) is 16.7. The smallest absolute Gasteiger partial charge is 0.0472 e. The van der Waals surface area contributed by atoms with Crippen LogP contribution in [0.1, 0.15) is 37.0 Å². The SMILES string of the molecule is CC(C)CC1(c2ccccc2-c2ccccc2)c2ccccc2-c2ccc(-c3c4ccccc4c(-c4ccc(-c5cc(-c6ccccc6)cc(-c6ccccc6)c5)cc4)c4ccccc34)cc21. The molecule has 1 atom stereocenters. The molecule has 0 spiro atoms. The number of rotatable bonds is 9. The van der Waals surface area contributed by atoms with E-state index in [1.807, 2.05) is 0 Å². The quantitative estimate of drug-likeness (QED) is 0.127. The minimum atomic E-state index is -0.349. The lowest BCUT2D eigenvalue weighted by Gasteiger charge is -2.36. The zero-order valence-corrected chi connectivity index (χ0v) is 38.0. The first kappa shape index (κ1) is 40.4. The molecule has 67 heavy (non-hydrogen) atoms. The van der Waals surface area contributed by atoms with Crippen LogP contribution < -0.4 is 0 Å². The standard InChI is InChI=1S/C67H50/c1-45(2)44-67(62-32-18-16-26-55(62)49-24-10-5-11-25-49)63-33-19-17-27-56(63)57-39-38-51(43-64(57)67)66-60-30-14-12-28-58(60)65(59-29-13-15-31-61(59)66)50-36-34-48(35-37-50)54-41-52(46-20-6-3-7-21-46)40-53(42-54)47-22-8-4-9-23-47/h3-43,45H,44H2,1-2H3.